The molecule has 0 bridgehead atoms. The molecule has 0 spiro atoms. The minimum Gasteiger partial charge on any atom is -0.481 e. The van der Waals surface area contributed by atoms with Crippen LogP contribution in [0, 0.1) is 12.8 Å². The predicted molar refractivity (Wildman–Crippen MR) is 66.2 cm³/mol. The Morgan fingerprint density at radius 1 is 1.59 bits per heavy atom. The zero-order valence-electron chi connectivity index (χ0n) is 10.1. The third kappa shape index (κ3) is 3.19. The molecule has 1 atom stereocenters. The van der Waals surface area contributed by atoms with Crippen molar-refractivity contribution in [1.29, 1.82) is 0 Å². The lowest BCUT2D eigenvalue weighted by molar-refractivity contribution is -0.138. The summed E-state index contributed by atoms with van der Waals surface area (Å²) in [7, 11) is 0. The van der Waals surface area contributed by atoms with Crippen LogP contribution in [-0.2, 0) is 4.79 Å². The summed E-state index contributed by atoms with van der Waals surface area (Å²) in [5, 5.41) is 8.83. The van der Waals surface area contributed by atoms with E-state index < -0.39 is 5.97 Å². The van der Waals surface area contributed by atoms with Crippen molar-refractivity contribution in [3.8, 4) is 0 Å². The van der Waals surface area contributed by atoms with Crippen LogP contribution in [0.5, 0.6) is 0 Å². The van der Waals surface area contributed by atoms with Crippen LogP contribution in [0.25, 0.3) is 0 Å². The second-order valence-electron chi connectivity index (χ2n) is 4.69. The Kier molecular flexibility index (Phi) is 3.61. The van der Waals surface area contributed by atoms with Gasteiger partial charge in [-0.3, -0.25) is 4.79 Å². The van der Waals surface area contributed by atoms with Gasteiger partial charge in [-0.25, -0.2) is 4.98 Å². The van der Waals surface area contributed by atoms with Crippen LogP contribution in [0.1, 0.15) is 25.0 Å². The first kappa shape index (κ1) is 11.9. The normalized spacial score (nSPS) is 20.3. The van der Waals surface area contributed by atoms with E-state index in [1.165, 1.54) is 0 Å². The molecular weight excluding hydrogens is 216 g/mol. The molecule has 1 unspecified atom stereocenters. The summed E-state index contributed by atoms with van der Waals surface area (Å²) < 4.78 is 0. The highest BCUT2D eigenvalue weighted by molar-refractivity contribution is 5.67. The number of carboxylic acids is 1. The van der Waals surface area contributed by atoms with Gasteiger partial charge in [-0.15, -0.1) is 0 Å². The smallest absolute Gasteiger partial charge is 0.303 e. The Hall–Kier alpha value is -1.58. The maximum atomic E-state index is 10.7. The molecule has 17 heavy (non-hydrogen) atoms. The monoisotopic (exact) mass is 234 g/mol. The topological polar surface area (TPSA) is 53.4 Å². The number of nitrogens with zero attached hydrogens (tertiary/aromatic N) is 2. The Bertz CT molecular complexity index is 406. The molecule has 1 aliphatic heterocycles. The Morgan fingerprint density at radius 3 is 3.12 bits per heavy atom. The van der Waals surface area contributed by atoms with Gasteiger partial charge in [0.05, 0.1) is 0 Å². The molecule has 1 aromatic rings. The number of piperidine rings is 1. The number of hydrogen-bond donors (Lipinski definition) is 1. The molecule has 0 aliphatic carbocycles. The summed E-state index contributed by atoms with van der Waals surface area (Å²) in [5.74, 6) is 0.526. The number of aromatic nitrogens is 1. The SMILES string of the molecule is Cc1cccc(N2CCCC(CC(=O)O)C2)n1. The van der Waals surface area contributed by atoms with E-state index in [2.05, 4.69) is 9.88 Å². The van der Waals surface area contributed by atoms with Gasteiger partial charge in [0.1, 0.15) is 5.82 Å². The Morgan fingerprint density at radius 2 is 2.41 bits per heavy atom. The van der Waals surface area contributed by atoms with E-state index in [0.29, 0.717) is 0 Å². The Balaban J connectivity index is 2.04. The first-order valence-corrected chi connectivity index (χ1v) is 6.05. The van der Waals surface area contributed by atoms with E-state index >= 15 is 0 Å². The average Bonchev–Trinajstić information content (AvgIpc) is 2.28. The van der Waals surface area contributed by atoms with Gasteiger partial charge >= 0.3 is 5.97 Å². The van der Waals surface area contributed by atoms with Crippen molar-refractivity contribution in [2.45, 2.75) is 26.2 Å². The second kappa shape index (κ2) is 5.17. The number of aliphatic carboxylic acids is 1. The average molecular weight is 234 g/mol. The summed E-state index contributed by atoms with van der Waals surface area (Å²) >= 11 is 0. The summed E-state index contributed by atoms with van der Waals surface area (Å²) in [6.45, 7) is 3.76. The van der Waals surface area contributed by atoms with Gasteiger partial charge in [-0.05, 0) is 37.8 Å². The van der Waals surface area contributed by atoms with Crippen molar-refractivity contribution >= 4 is 11.8 Å². The van der Waals surface area contributed by atoms with E-state index in [4.69, 9.17) is 5.11 Å². The number of carboxylic acid groups (broad SMARTS) is 1. The van der Waals surface area contributed by atoms with Gasteiger partial charge < -0.3 is 10.0 Å². The molecule has 1 aliphatic rings. The van der Waals surface area contributed by atoms with Gasteiger partial charge in [0.2, 0.25) is 0 Å². The maximum absolute atomic E-state index is 10.7. The molecule has 4 nitrogen and oxygen atoms in total. The van der Waals surface area contributed by atoms with Gasteiger partial charge in [0.25, 0.3) is 0 Å². The van der Waals surface area contributed by atoms with Crippen molar-refractivity contribution in [3.05, 3.63) is 23.9 Å². The zero-order chi connectivity index (χ0) is 12.3. The number of aryl methyl sites for hydroxylation is 1. The number of rotatable bonds is 3. The molecule has 2 rings (SSSR count). The summed E-state index contributed by atoms with van der Waals surface area (Å²) in [4.78, 5) is 17.4. The molecule has 1 fully saturated rings. The van der Waals surface area contributed by atoms with E-state index in [1.807, 2.05) is 25.1 Å². The number of pyridine rings is 1. The molecule has 0 saturated carbocycles. The van der Waals surface area contributed by atoms with Crippen molar-refractivity contribution < 1.29 is 9.90 Å². The standard InChI is InChI=1S/C13H18N2O2/c1-10-4-2-6-12(14-10)15-7-3-5-11(9-15)8-13(16)17/h2,4,6,11H,3,5,7-9H2,1H3,(H,16,17). The minimum atomic E-state index is -0.700. The van der Waals surface area contributed by atoms with E-state index in [0.717, 1.165) is 37.4 Å². The third-order valence-corrected chi connectivity index (χ3v) is 3.18. The van der Waals surface area contributed by atoms with Crippen LogP contribution in [0.3, 0.4) is 0 Å². The first-order valence-electron chi connectivity index (χ1n) is 6.05. The minimum absolute atomic E-state index is 0.253. The molecule has 1 N–H and O–H groups in total. The number of hydrogen-bond acceptors (Lipinski definition) is 3. The van der Waals surface area contributed by atoms with Crippen LogP contribution >= 0.6 is 0 Å². The van der Waals surface area contributed by atoms with Crippen molar-refractivity contribution in [1.82, 2.24) is 4.98 Å². The highest BCUT2D eigenvalue weighted by Gasteiger charge is 2.22. The van der Waals surface area contributed by atoms with Gasteiger partial charge in [0, 0.05) is 25.2 Å². The van der Waals surface area contributed by atoms with Crippen LogP contribution in [0.15, 0.2) is 18.2 Å². The largest absolute Gasteiger partial charge is 0.481 e. The van der Waals surface area contributed by atoms with Crippen LogP contribution in [0.4, 0.5) is 5.82 Å². The van der Waals surface area contributed by atoms with Crippen LogP contribution in [-0.4, -0.2) is 29.1 Å². The van der Waals surface area contributed by atoms with Crippen LogP contribution < -0.4 is 4.90 Å². The van der Waals surface area contributed by atoms with E-state index in [-0.39, 0.29) is 12.3 Å². The molecule has 1 saturated heterocycles. The van der Waals surface area contributed by atoms with Crippen molar-refractivity contribution in [2.24, 2.45) is 5.92 Å². The summed E-state index contributed by atoms with van der Waals surface area (Å²) in [5.41, 5.74) is 1.00. The zero-order valence-corrected chi connectivity index (χ0v) is 10.1. The molecular formula is C13H18N2O2. The molecule has 1 aromatic heterocycles. The first-order chi connectivity index (χ1) is 8.15. The lowest BCUT2D eigenvalue weighted by Gasteiger charge is -2.33. The molecule has 0 radical (unpaired) electrons. The van der Waals surface area contributed by atoms with Crippen LogP contribution in [0.2, 0.25) is 0 Å². The quantitative estimate of drug-likeness (QED) is 0.870. The number of anilines is 1. The Labute approximate surface area is 101 Å². The second-order valence-corrected chi connectivity index (χ2v) is 4.69. The summed E-state index contributed by atoms with van der Waals surface area (Å²) in [6, 6.07) is 5.97. The molecule has 0 amide bonds. The summed E-state index contributed by atoms with van der Waals surface area (Å²) in [6.07, 6.45) is 2.32. The predicted octanol–water partition coefficient (Wildman–Crippen LogP) is 2.08. The van der Waals surface area contributed by atoms with Gasteiger partial charge in [0.15, 0.2) is 0 Å². The van der Waals surface area contributed by atoms with E-state index in [1.54, 1.807) is 0 Å². The maximum Gasteiger partial charge on any atom is 0.303 e. The lowest BCUT2D eigenvalue weighted by Crippen LogP contribution is -2.36. The van der Waals surface area contributed by atoms with Gasteiger partial charge in [-0.2, -0.15) is 0 Å². The van der Waals surface area contributed by atoms with Gasteiger partial charge in [-0.1, -0.05) is 6.07 Å². The highest BCUT2D eigenvalue weighted by atomic mass is 16.4. The fraction of sp³-hybridized carbons (Fsp3) is 0.538. The third-order valence-electron chi connectivity index (χ3n) is 3.18. The molecule has 4 heteroatoms. The van der Waals surface area contributed by atoms with Crippen molar-refractivity contribution in [2.75, 3.05) is 18.0 Å². The fourth-order valence-electron chi connectivity index (χ4n) is 2.39. The lowest BCUT2D eigenvalue weighted by atomic mass is 9.95. The fourth-order valence-corrected chi connectivity index (χ4v) is 2.39. The molecule has 2 heterocycles. The van der Waals surface area contributed by atoms with Crippen molar-refractivity contribution in [3.63, 3.8) is 0 Å². The molecule has 0 aromatic carbocycles. The number of carbonyl (C=O) groups is 1. The van der Waals surface area contributed by atoms with E-state index in [9.17, 15) is 4.79 Å². The highest BCUT2D eigenvalue weighted by Crippen LogP contribution is 2.23. The molecule has 92 valence electrons.